The van der Waals surface area contributed by atoms with E-state index >= 15 is 0 Å². The molecule has 0 unspecified atom stereocenters. The smallest absolute Gasteiger partial charge is 0.408 e. The van der Waals surface area contributed by atoms with Crippen molar-refractivity contribution < 1.29 is 9.53 Å². The predicted octanol–water partition coefficient (Wildman–Crippen LogP) is 3.76. The number of amides is 1. The average Bonchev–Trinajstić information content (AvgIpc) is 2.43. The van der Waals surface area contributed by atoms with Gasteiger partial charge < -0.3 is 19.9 Å². The van der Waals surface area contributed by atoms with Gasteiger partial charge in [0.05, 0.1) is 5.54 Å². The van der Waals surface area contributed by atoms with Crippen LogP contribution >= 0.6 is 0 Å². The summed E-state index contributed by atoms with van der Waals surface area (Å²) in [7, 11) is 0. The molecule has 26 heavy (non-hydrogen) atoms. The Hall–Kier alpha value is -1.98. The minimum Gasteiger partial charge on any atom is -0.444 e. The van der Waals surface area contributed by atoms with Gasteiger partial charge >= 0.3 is 6.09 Å². The van der Waals surface area contributed by atoms with Gasteiger partial charge in [0, 0.05) is 19.2 Å². The second-order valence-corrected chi connectivity index (χ2v) is 9.52. The third-order valence-corrected chi connectivity index (χ3v) is 4.82. The van der Waals surface area contributed by atoms with Gasteiger partial charge in [-0.1, -0.05) is 13.8 Å². The molecule has 0 atom stereocenters. The van der Waals surface area contributed by atoms with Crippen LogP contribution in [0.1, 0.15) is 66.9 Å². The van der Waals surface area contributed by atoms with E-state index in [0.717, 1.165) is 37.3 Å². The van der Waals surface area contributed by atoms with Crippen LogP contribution < -0.4 is 15.8 Å². The molecule has 1 aromatic rings. The predicted molar refractivity (Wildman–Crippen MR) is 105 cm³/mol. The fourth-order valence-electron chi connectivity index (χ4n) is 3.04. The Labute approximate surface area is 156 Å². The molecule has 0 bridgehead atoms. The number of carbonyl (C=O) groups is 1. The highest BCUT2D eigenvalue weighted by atomic mass is 16.6. The second kappa shape index (κ2) is 6.97. The number of aromatic amines is 1. The van der Waals surface area contributed by atoms with Gasteiger partial charge in [0.15, 0.2) is 0 Å². The number of alkyl carbamates (subject to hydrolysis) is 1. The van der Waals surface area contributed by atoms with Gasteiger partial charge in [-0.2, -0.15) is 0 Å². The highest BCUT2D eigenvalue weighted by molar-refractivity contribution is 5.69. The van der Waals surface area contributed by atoms with E-state index < -0.39 is 17.2 Å². The molecule has 1 saturated heterocycles. The van der Waals surface area contributed by atoms with Gasteiger partial charge in [-0.15, -0.1) is 0 Å². The molecule has 6 heteroatoms. The molecule has 2 heterocycles. The molecule has 0 aromatic carbocycles. The van der Waals surface area contributed by atoms with E-state index in [1.54, 1.807) is 0 Å². The van der Waals surface area contributed by atoms with Crippen LogP contribution in [0.5, 0.6) is 0 Å². The van der Waals surface area contributed by atoms with Crippen LogP contribution in [-0.4, -0.2) is 29.8 Å². The fraction of sp³-hybridized carbons (Fsp3) is 0.700. The van der Waals surface area contributed by atoms with Gasteiger partial charge in [0.2, 0.25) is 5.56 Å². The largest absolute Gasteiger partial charge is 0.444 e. The number of nitrogens with zero attached hydrogens (tertiary/aromatic N) is 1. The Balaban J connectivity index is 2.20. The van der Waals surface area contributed by atoms with Crippen LogP contribution in [0.25, 0.3) is 0 Å². The van der Waals surface area contributed by atoms with Gasteiger partial charge in [0.1, 0.15) is 11.4 Å². The minimum absolute atomic E-state index is 0.165. The Morgan fingerprint density at radius 2 is 1.73 bits per heavy atom. The molecule has 146 valence electrons. The second-order valence-electron chi connectivity index (χ2n) is 9.52. The number of nitrogens with one attached hydrogen (secondary N) is 2. The molecule has 6 nitrogen and oxygen atoms in total. The molecule has 1 fully saturated rings. The standard InChI is InChI=1S/C20H33N3O3/c1-18(2,3)26-17(25)22-20(6,7)14-12-15(21-16(24)13-14)23-10-8-19(4,5)9-11-23/h12-13H,8-11H2,1-7H3,(H,21,24)(H,22,25). The van der Waals surface area contributed by atoms with Crippen molar-refractivity contribution in [1.29, 1.82) is 0 Å². The lowest BCUT2D eigenvalue weighted by molar-refractivity contribution is 0.0470. The maximum absolute atomic E-state index is 12.2. The minimum atomic E-state index is -0.722. The zero-order valence-corrected chi connectivity index (χ0v) is 17.2. The maximum atomic E-state index is 12.2. The Morgan fingerprint density at radius 1 is 1.15 bits per heavy atom. The Morgan fingerprint density at radius 3 is 2.27 bits per heavy atom. The monoisotopic (exact) mass is 363 g/mol. The van der Waals surface area contributed by atoms with Crippen LogP contribution in [0, 0.1) is 5.41 Å². The first-order valence-corrected chi connectivity index (χ1v) is 9.28. The zero-order chi connectivity index (χ0) is 19.8. The number of hydrogen-bond acceptors (Lipinski definition) is 4. The van der Waals surface area contributed by atoms with E-state index in [-0.39, 0.29) is 5.56 Å². The summed E-state index contributed by atoms with van der Waals surface area (Å²) in [6.45, 7) is 15.6. The summed E-state index contributed by atoms with van der Waals surface area (Å²) in [6.07, 6.45) is 1.67. The lowest BCUT2D eigenvalue weighted by Crippen LogP contribution is -2.44. The van der Waals surface area contributed by atoms with Crippen molar-refractivity contribution in [3.63, 3.8) is 0 Å². The summed E-state index contributed by atoms with van der Waals surface area (Å²) in [5.41, 5.74) is -0.361. The number of anilines is 1. The van der Waals surface area contributed by atoms with E-state index in [9.17, 15) is 9.59 Å². The van der Waals surface area contributed by atoms with Gasteiger partial charge in [-0.05, 0) is 64.5 Å². The molecule has 0 saturated carbocycles. The highest BCUT2D eigenvalue weighted by Gasteiger charge is 2.29. The summed E-state index contributed by atoms with van der Waals surface area (Å²) in [5, 5.41) is 2.87. The molecule has 1 aliphatic rings. The molecule has 0 aliphatic carbocycles. The summed E-state index contributed by atoms with van der Waals surface area (Å²) < 4.78 is 5.35. The van der Waals surface area contributed by atoms with Crippen LogP contribution in [0.2, 0.25) is 0 Å². The quantitative estimate of drug-likeness (QED) is 0.857. The molecular weight excluding hydrogens is 330 g/mol. The van der Waals surface area contributed by atoms with Crippen molar-refractivity contribution in [3.8, 4) is 0 Å². The van der Waals surface area contributed by atoms with Gasteiger partial charge in [-0.25, -0.2) is 4.79 Å². The molecule has 0 radical (unpaired) electrons. The van der Waals surface area contributed by atoms with Crippen molar-refractivity contribution >= 4 is 11.9 Å². The number of aromatic nitrogens is 1. The fourth-order valence-corrected chi connectivity index (χ4v) is 3.04. The number of carbonyl (C=O) groups excluding carboxylic acids is 1. The summed E-state index contributed by atoms with van der Waals surface area (Å²) in [5.74, 6) is 0.807. The number of piperidine rings is 1. The summed E-state index contributed by atoms with van der Waals surface area (Å²) in [6, 6.07) is 3.49. The molecular formula is C20H33N3O3. The number of hydrogen-bond donors (Lipinski definition) is 2. The van der Waals surface area contributed by atoms with E-state index in [2.05, 4.69) is 29.0 Å². The van der Waals surface area contributed by atoms with Crippen LogP contribution in [0.15, 0.2) is 16.9 Å². The highest BCUT2D eigenvalue weighted by Crippen LogP contribution is 2.32. The first-order valence-electron chi connectivity index (χ1n) is 9.28. The zero-order valence-electron chi connectivity index (χ0n) is 17.2. The van der Waals surface area contributed by atoms with E-state index in [1.165, 1.54) is 6.07 Å². The number of H-pyrrole nitrogens is 1. The van der Waals surface area contributed by atoms with Crippen LogP contribution in [-0.2, 0) is 10.3 Å². The van der Waals surface area contributed by atoms with Crippen molar-refractivity contribution in [1.82, 2.24) is 10.3 Å². The first kappa shape index (κ1) is 20.3. The topological polar surface area (TPSA) is 74.4 Å². The SMILES string of the molecule is CC1(C)CCN(c2cc(C(C)(C)NC(=O)OC(C)(C)C)cc(=O)[nH]2)CC1. The van der Waals surface area contributed by atoms with E-state index in [4.69, 9.17) is 4.74 Å². The number of pyridine rings is 1. The van der Waals surface area contributed by atoms with Crippen LogP contribution in [0.3, 0.4) is 0 Å². The van der Waals surface area contributed by atoms with Gasteiger partial charge in [0.25, 0.3) is 0 Å². The number of rotatable bonds is 3. The number of ether oxygens (including phenoxy) is 1. The van der Waals surface area contributed by atoms with Crippen molar-refractivity contribution in [2.75, 3.05) is 18.0 Å². The van der Waals surface area contributed by atoms with Crippen molar-refractivity contribution in [3.05, 3.63) is 28.0 Å². The third-order valence-electron chi connectivity index (χ3n) is 4.82. The molecule has 2 rings (SSSR count). The average molecular weight is 364 g/mol. The normalized spacial score (nSPS) is 17.7. The first-order chi connectivity index (χ1) is 11.8. The lowest BCUT2D eigenvalue weighted by atomic mass is 9.82. The summed E-state index contributed by atoms with van der Waals surface area (Å²) in [4.78, 5) is 29.5. The summed E-state index contributed by atoms with van der Waals surface area (Å²) >= 11 is 0. The molecule has 1 amide bonds. The molecule has 2 N–H and O–H groups in total. The lowest BCUT2D eigenvalue weighted by Gasteiger charge is -2.38. The Kier molecular flexibility index (Phi) is 5.45. The molecule has 0 spiro atoms. The van der Waals surface area contributed by atoms with E-state index in [1.807, 2.05) is 40.7 Å². The third kappa shape index (κ3) is 5.51. The van der Waals surface area contributed by atoms with Crippen molar-refractivity contribution in [2.24, 2.45) is 5.41 Å². The van der Waals surface area contributed by atoms with Gasteiger partial charge in [-0.3, -0.25) is 4.79 Å². The Bertz CT molecular complexity index is 704. The molecule has 1 aromatic heterocycles. The van der Waals surface area contributed by atoms with Crippen LogP contribution in [0.4, 0.5) is 10.6 Å². The molecule has 1 aliphatic heterocycles. The maximum Gasteiger partial charge on any atom is 0.408 e. The van der Waals surface area contributed by atoms with Crippen molar-refractivity contribution in [2.45, 2.75) is 72.4 Å². The van der Waals surface area contributed by atoms with E-state index in [0.29, 0.717) is 5.41 Å².